The second-order valence-electron chi connectivity index (χ2n) is 6.49. The van der Waals surface area contributed by atoms with Crippen LogP contribution in [0.25, 0.3) is 0 Å². The Morgan fingerprint density at radius 3 is 2.22 bits per heavy atom. The molecule has 1 aliphatic rings. The standard InChI is InChI=1S/C18H21NO4/c1-11-12(9-10-19-17(22)23-18(2,3)4)16(21)14-8-6-5-7-13(14)15(11)20/h5-8H,9-10H2,1-4H3,(H,19,22). The first-order valence-electron chi connectivity index (χ1n) is 7.56. The number of carbonyl (C=O) groups is 3. The maximum atomic E-state index is 12.5. The Morgan fingerprint density at radius 2 is 1.65 bits per heavy atom. The van der Waals surface area contributed by atoms with Crippen LogP contribution >= 0.6 is 0 Å². The molecular formula is C18H21NO4. The maximum Gasteiger partial charge on any atom is 0.407 e. The normalized spacial score (nSPS) is 14.6. The molecular weight excluding hydrogens is 294 g/mol. The Morgan fingerprint density at radius 1 is 1.09 bits per heavy atom. The van der Waals surface area contributed by atoms with Crippen molar-refractivity contribution in [2.24, 2.45) is 0 Å². The number of Topliss-reactive ketones (excluding diaryl/α,β-unsaturated/α-hetero) is 2. The third kappa shape index (κ3) is 3.86. The zero-order valence-electron chi connectivity index (χ0n) is 13.9. The molecule has 0 spiro atoms. The highest BCUT2D eigenvalue weighted by molar-refractivity contribution is 6.26. The van der Waals surface area contributed by atoms with Crippen LogP contribution in [0, 0.1) is 0 Å². The second kappa shape index (κ2) is 6.36. The van der Waals surface area contributed by atoms with Crippen molar-refractivity contribution in [1.29, 1.82) is 0 Å². The average Bonchev–Trinajstić information content (AvgIpc) is 2.46. The van der Waals surface area contributed by atoms with Crippen molar-refractivity contribution >= 4 is 17.7 Å². The molecule has 2 rings (SSSR count). The van der Waals surface area contributed by atoms with Gasteiger partial charge in [-0.2, -0.15) is 0 Å². The summed E-state index contributed by atoms with van der Waals surface area (Å²) < 4.78 is 5.14. The van der Waals surface area contributed by atoms with Crippen LogP contribution in [0.3, 0.4) is 0 Å². The molecule has 0 aromatic heterocycles. The largest absolute Gasteiger partial charge is 0.444 e. The van der Waals surface area contributed by atoms with Gasteiger partial charge < -0.3 is 10.1 Å². The van der Waals surface area contributed by atoms with Crippen LogP contribution in [-0.4, -0.2) is 29.8 Å². The van der Waals surface area contributed by atoms with E-state index in [-0.39, 0.29) is 18.1 Å². The van der Waals surface area contributed by atoms with E-state index in [0.29, 0.717) is 28.7 Å². The fourth-order valence-electron chi connectivity index (χ4n) is 2.46. The fourth-order valence-corrected chi connectivity index (χ4v) is 2.46. The number of alkyl carbamates (subject to hydrolysis) is 1. The van der Waals surface area contributed by atoms with E-state index < -0.39 is 11.7 Å². The average molecular weight is 315 g/mol. The second-order valence-corrected chi connectivity index (χ2v) is 6.49. The maximum absolute atomic E-state index is 12.5. The number of hydrogen-bond acceptors (Lipinski definition) is 4. The molecule has 122 valence electrons. The van der Waals surface area contributed by atoms with Crippen LogP contribution in [0.15, 0.2) is 35.4 Å². The summed E-state index contributed by atoms with van der Waals surface area (Å²) in [5.74, 6) is -0.281. The zero-order valence-corrected chi connectivity index (χ0v) is 13.9. The molecule has 0 bridgehead atoms. The van der Waals surface area contributed by atoms with E-state index in [1.54, 1.807) is 52.0 Å². The summed E-state index contributed by atoms with van der Waals surface area (Å²) in [6.45, 7) is 7.22. The third-order valence-electron chi connectivity index (χ3n) is 3.53. The van der Waals surface area contributed by atoms with Crippen molar-refractivity contribution in [2.45, 2.75) is 39.7 Å². The molecule has 0 saturated heterocycles. The lowest BCUT2D eigenvalue weighted by atomic mass is 9.83. The first-order valence-corrected chi connectivity index (χ1v) is 7.56. The molecule has 1 aromatic rings. The van der Waals surface area contributed by atoms with Gasteiger partial charge in [-0.25, -0.2) is 4.79 Å². The van der Waals surface area contributed by atoms with Gasteiger partial charge in [-0.3, -0.25) is 9.59 Å². The summed E-state index contributed by atoms with van der Waals surface area (Å²) in [4.78, 5) is 36.5. The van der Waals surface area contributed by atoms with Gasteiger partial charge in [0.25, 0.3) is 0 Å². The molecule has 0 aliphatic heterocycles. The number of nitrogens with one attached hydrogen (secondary N) is 1. The predicted octanol–water partition coefficient (Wildman–Crippen LogP) is 3.30. The first-order chi connectivity index (χ1) is 10.7. The predicted molar refractivity (Wildman–Crippen MR) is 86.7 cm³/mol. The van der Waals surface area contributed by atoms with Gasteiger partial charge in [0.2, 0.25) is 0 Å². The highest BCUT2D eigenvalue weighted by atomic mass is 16.6. The van der Waals surface area contributed by atoms with Crippen LogP contribution in [0.2, 0.25) is 0 Å². The number of fused-ring (bicyclic) bond motifs is 1. The highest BCUT2D eigenvalue weighted by Crippen LogP contribution is 2.27. The van der Waals surface area contributed by atoms with E-state index in [1.807, 2.05) is 0 Å². The van der Waals surface area contributed by atoms with Gasteiger partial charge in [0.05, 0.1) is 0 Å². The molecule has 23 heavy (non-hydrogen) atoms. The summed E-state index contributed by atoms with van der Waals surface area (Å²) in [5, 5.41) is 2.61. The van der Waals surface area contributed by atoms with E-state index >= 15 is 0 Å². The Hall–Kier alpha value is -2.43. The molecule has 0 saturated carbocycles. The molecule has 5 heteroatoms. The van der Waals surface area contributed by atoms with Crippen molar-refractivity contribution < 1.29 is 19.1 Å². The minimum absolute atomic E-state index is 0.132. The molecule has 0 radical (unpaired) electrons. The van der Waals surface area contributed by atoms with Crippen molar-refractivity contribution in [1.82, 2.24) is 5.32 Å². The van der Waals surface area contributed by atoms with Gasteiger partial charge in [-0.1, -0.05) is 24.3 Å². The number of ether oxygens (including phenoxy) is 1. The summed E-state index contributed by atoms with van der Waals surface area (Å²) >= 11 is 0. The number of amides is 1. The molecule has 1 N–H and O–H groups in total. The van der Waals surface area contributed by atoms with Gasteiger partial charge >= 0.3 is 6.09 Å². The molecule has 5 nitrogen and oxygen atoms in total. The fraction of sp³-hybridized carbons (Fsp3) is 0.389. The third-order valence-corrected chi connectivity index (χ3v) is 3.53. The van der Waals surface area contributed by atoms with Gasteiger partial charge in [0.15, 0.2) is 11.6 Å². The lowest BCUT2D eigenvalue weighted by molar-refractivity contribution is 0.0527. The minimum Gasteiger partial charge on any atom is -0.444 e. The quantitative estimate of drug-likeness (QED) is 0.929. The van der Waals surface area contributed by atoms with Gasteiger partial charge in [-0.05, 0) is 34.1 Å². The van der Waals surface area contributed by atoms with Crippen molar-refractivity contribution in [2.75, 3.05) is 6.54 Å². The molecule has 0 heterocycles. The Labute approximate surface area is 135 Å². The summed E-state index contributed by atoms with van der Waals surface area (Å²) in [6, 6.07) is 6.80. The Kier molecular flexibility index (Phi) is 4.68. The van der Waals surface area contributed by atoms with Crippen LogP contribution in [0.4, 0.5) is 4.79 Å². The number of hydrogen-bond donors (Lipinski definition) is 1. The lowest BCUT2D eigenvalue weighted by Crippen LogP contribution is -2.33. The number of ketones is 2. The number of rotatable bonds is 3. The van der Waals surface area contributed by atoms with Crippen LogP contribution < -0.4 is 5.32 Å². The van der Waals surface area contributed by atoms with Crippen LogP contribution in [0.5, 0.6) is 0 Å². The molecule has 1 aliphatic carbocycles. The highest BCUT2D eigenvalue weighted by Gasteiger charge is 2.29. The van der Waals surface area contributed by atoms with E-state index in [4.69, 9.17) is 4.74 Å². The van der Waals surface area contributed by atoms with Crippen molar-refractivity contribution in [3.8, 4) is 0 Å². The van der Waals surface area contributed by atoms with Crippen LogP contribution in [-0.2, 0) is 4.74 Å². The lowest BCUT2D eigenvalue weighted by Gasteiger charge is -2.21. The molecule has 0 unspecified atom stereocenters. The van der Waals surface area contributed by atoms with E-state index in [1.165, 1.54) is 0 Å². The van der Waals surface area contributed by atoms with Gasteiger partial charge in [0.1, 0.15) is 5.60 Å². The van der Waals surface area contributed by atoms with E-state index in [2.05, 4.69) is 5.32 Å². The summed E-state index contributed by atoms with van der Waals surface area (Å²) in [6.07, 6.45) is -0.241. The molecule has 0 atom stereocenters. The molecule has 0 fully saturated rings. The minimum atomic E-state index is -0.575. The number of carbonyl (C=O) groups excluding carboxylic acids is 3. The Bertz CT molecular complexity index is 695. The summed E-state index contributed by atoms with van der Waals surface area (Å²) in [7, 11) is 0. The molecule has 1 amide bonds. The number of benzene rings is 1. The van der Waals surface area contributed by atoms with Gasteiger partial charge in [0, 0.05) is 28.8 Å². The number of allylic oxidation sites excluding steroid dienone is 1. The topological polar surface area (TPSA) is 72.5 Å². The smallest absolute Gasteiger partial charge is 0.407 e. The molecule has 1 aromatic carbocycles. The van der Waals surface area contributed by atoms with Gasteiger partial charge in [-0.15, -0.1) is 0 Å². The van der Waals surface area contributed by atoms with E-state index in [0.717, 1.165) is 0 Å². The monoisotopic (exact) mass is 315 g/mol. The van der Waals surface area contributed by atoms with Crippen molar-refractivity contribution in [3.05, 3.63) is 46.5 Å². The Balaban J connectivity index is 2.06. The van der Waals surface area contributed by atoms with Crippen LogP contribution in [0.1, 0.15) is 54.8 Å². The first kappa shape index (κ1) is 16.9. The SMILES string of the molecule is CC1=C(CCNC(=O)OC(C)(C)C)C(=O)c2ccccc2C1=O. The zero-order chi connectivity index (χ0) is 17.2. The van der Waals surface area contributed by atoms with E-state index in [9.17, 15) is 14.4 Å². The van der Waals surface area contributed by atoms with Crippen molar-refractivity contribution in [3.63, 3.8) is 0 Å². The summed E-state index contributed by atoms with van der Waals surface area (Å²) in [5.41, 5.74) is 1.19.